The Labute approximate surface area is 86.5 Å². The fourth-order valence-corrected chi connectivity index (χ4v) is 1.24. The molecule has 0 spiro atoms. The van der Waals surface area contributed by atoms with Crippen molar-refractivity contribution in [2.45, 2.75) is 59.2 Å². The number of rotatable bonds is 6. The SMILES string of the molecule is CCC(CC)OC(=O)[C@H](C)[C@@H](O)CC. The predicted octanol–water partition coefficient (Wildman–Crippen LogP) is 2.13. The highest BCUT2D eigenvalue weighted by atomic mass is 16.5. The van der Waals surface area contributed by atoms with Crippen molar-refractivity contribution in [2.24, 2.45) is 5.92 Å². The summed E-state index contributed by atoms with van der Waals surface area (Å²) in [5, 5.41) is 9.45. The Morgan fingerprint density at radius 3 is 2.07 bits per heavy atom. The molecule has 14 heavy (non-hydrogen) atoms. The summed E-state index contributed by atoms with van der Waals surface area (Å²) in [6.45, 7) is 7.54. The number of carbonyl (C=O) groups excluding carboxylic acids is 1. The molecule has 0 aromatic heterocycles. The molecule has 0 aromatic rings. The maximum absolute atomic E-state index is 11.5. The highest BCUT2D eigenvalue weighted by Gasteiger charge is 2.23. The van der Waals surface area contributed by atoms with Crippen molar-refractivity contribution in [2.75, 3.05) is 0 Å². The number of aliphatic hydroxyl groups excluding tert-OH is 1. The van der Waals surface area contributed by atoms with Crippen LogP contribution >= 0.6 is 0 Å². The lowest BCUT2D eigenvalue weighted by Crippen LogP contribution is -2.29. The zero-order chi connectivity index (χ0) is 11.1. The minimum atomic E-state index is -0.586. The zero-order valence-corrected chi connectivity index (χ0v) is 9.62. The molecule has 2 atom stereocenters. The Hall–Kier alpha value is -0.570. The normalized spacial score (nSPS) is 15.3. The van der Waals surface area contributed by atoms with E-state index >= 15 is 0 Å². The van der Waals surface area contributed by atoms with Crippen molar-refractivity contribution < 1.29 is 14.6 Å². The molecule has 0 radical (unpaired) electrons. The molecule has 84 valence electrons. The van der Waals surface area contributed by atoms with Crippen molar-refractivity contribution in [3.8, 4) is 0 Å². The lowest BCUT2D eigenvalue weighted by atomic mass is 10.0. The third-order valence-electron chi connectivity index (χ3n) is 2.56. The van der Waals surface area contributed by atoms with E-state index in [4.69, 9.17) is 4.74 Å². The molecule has 3 heteroatoms. The first-order chi connectivity index (χ1) is 6.56. The second kappa shape index (κ2) is 6.82. The molecule has 0 aliphatic heterocycles. The van der Waals surface area contributed by atoms with Gasteiger partial charge in [-0.2, -0.15) is 0 Å². The van der Waals surface area contributed by atoms with Crippen LogP contribution in [-0.4, -0.2) is 23.3 Å². The molecular formula is C11H22O3. The van der Waals surface area contributed by atoms with Gasteiger partial charge < -0.3 is 9.84 Å². The third-order valence-corrected chi connectivity index (χ3v) is 2.56. The first kappa shape index (κ1) is 13.4. The molecule has 0 aliphatic rings. The van der Waals surface area contributed by atoms with E-state index in [0.29, 0.717) is 6.42 Å². The summed E-state index contributed by atoms with van der Waals surface area (Å²) in [7, 11) is 0. The molecule has 0 bridgehead atoms. The van der Waals surface area contributed by atoms with Crippen molar-refractivity contribution in [1.29, 1.82) is 0 Å². The van der Waals surface area contributed by atoms with E-state index in [2.05, 4.69) is 0 Å². The van der Waals surface area contributed by atoms with E-state index in [1.165, 1.54) is 0 Å². The van der Waals surface area contributed by atoms with Crippen molar-refractivity contribution in [3.63, 3.8) is 0 Å². The van der Waals surface area contributed by atoms with E-state index in [0.717, 1.165) is 12.8 Å². The number of aliphatic hydroxyl groups is 1. The van der Waals surface area contributed by atoms with Gasteiger partial charge >= 0.3 is 5.97 Å². The molecule has 0 saturated carbocycles. The van der Waals surface area contributed by atoms with Gasteiger partial charge in [0.1, 0.15) is 6.10 Å². The Kier molecular flexibility index (Phi) is 6.54. The van der Waals surface area contributed by atoms with Gasteiger partial charge in [-0.3, -0.25) is 4.79 Å². The van der Waals surface area contributed by atoms with Crippen molar-refractivity contribution in [3.05, 3.63) is 0 Å². The molecule has 0 unspecified atom stereocenters. The van der Waals surface area contributed by atoms with Crippen LogP contribution in [0.5, 0.6) is 0 Å². The largest absolute Gasteiger partial charge is 0.462 e. The Balaban J connectivity index is 4.06. The minimum Gasteiger partial charge on any atom is -0.462 e. The summed E-state index contributed by atoms with van der Waals surface area (Å²) < 4.78 is 5.23. The quantitative estimate of drug-likeness (QED) is 0.671. The lowest BCUT2D eigenvalue weighted by Gasteiger charge is -2.20. The zero-order valence-electron chi connectivity index (χ0n) is 9.62. The monoisotopic (exact) mass is 202 g/mol. The number of hydrogen-bond donors (Lipinski definition) is 1. The molecule has 0 saturated heterocycles. The van der Waals surface area contributed by atoms with Crippen molar-refractivity contribution >= 4 is 5.97 Å². The van der Waals surface area contributed by atoms with Gasteiger partial charge in [-0.1, -0.05) is 20.8 Å². The highest BCUT2D eigenvalue weighted by molar-refractivity contribution is 5.72. The van der Waals surface area contributed by atoms with Gasteiger partial charge in [0.25, 0.3) is 0 Å². The van der Waals surface area contributed by atoms with Crippen LogP contribution in [0.15, 0.2) is 0 Å². The maximum Gasteiger partial charge on any atom is 0.311 e. The third kappa shape index (κ3) is 4.09. The summed E-state index contributed by atoms with van der Waals surface area (Å²) in [5.74, 6) is -0.700. The molecule has 0 aromatic carbocycles. The summed E-state index contributed by atoms with van der Waals surface area (Å²) in [5.41, 5.74) is 0. The van der Waals surface area contributed by atoms with E-state index in [9.17, 15) is 9.90 Å². The van der Waals surface area contributed by atoms with Gasteiger partial charge in [0.05, 0.1) is 12.0 Å². The van der Waals surface area contributed by atoms with Crippen LogP contribution in [0.25, 0.3) is 0 Å². The maximum atomic E-state index is 11.5. The van der Waals surface area contributed by atoms with Crippen LogP contribution in [0, 0.1) is 5.92 Å². The number of esters is 1. The van der Waals surface area contributed by atoms with Crippen LogP contribution < -0.4 is 0 Å². The Morgan fingerprint density at radius 2 is 1.71 bits per heavy atom. The van der Waals surface area contributed by atoms with Crippen LogP contribution in [-0.2, 0) is 9.53 Å². The van der Waals surface area contributed by atoms with Gasteiger partial charge in [-0.15, -0.1) is 0 Å². The average Bonchev–Trinajstić information content (AvgIpc) is 2.23. The summed E-state index contributed by atoms with van der Waals surface area (Å²) >= 11 is 0. The second-order valence-corrected chi connectivity index (χ2v) is 3.64. The fourth-order valence-electron chi connectivity index (χ4n) is 1.24. The smallest absolute Gasteiger partial charge is 0.311 e. The number of ether oxygens (including phenoxy) is 1. The van der Waals surface area contributed by atoms with Crippen LogP contribution in [0.4, 0.5) is 0 Å². The standard InChI is InChI=1S/C11H22O3/c1-5-9(6-2)14-11(13)8(4)10(12)7-3/h8-10,12H,5-7H2,1-4H3/t8-,10+/m1/s1. The first-order valence-electron chi connectivity index (χ1n) is 5.45. The number of carbonyl (C=O) groups is 1. The minimum absolute atomic E-state index is 0.00555. The average molecular weight is 202 g/mol. The van der Waals surface area contributed by atoms with E-state index in [1.807, 2.05) is 20.8 Å². The molecule has 3 nitrogen and oxygen atoms in total. The lowest BCUT2D eigenvalue weighted by molar-refractivity contribution is -0.157. The van der Waals surface area contributed by atoms with Gasteiger partial charge in [0.2, 0.25) is 0 Å². The summed E-state index contributed by atoms with van der Waals surface area (Å²) in [6.07, 6.45) is 1.65. The van der Waals surface area contributed by atoms with Crippen LogP contribution in [0.3, 0.4) is 0 Å². The molecule has 0 rings (SSSR count). The van der Waals surface area contributed by atoms with E-state index in [1.54, 1.807) is 6.92 Å². The second-order valence-electron chi connectivity index (χ2n) is 3.64. The summed E-state index contributed by atoms with van der Waals surface area (Å²) in [6, 6.07) is 0. The topological polar surface area (TPSA) is 46.5 Å². The first-order valence-corrected chi connectivity index (χ1v) is 5.45. The molecule has 0 fully saturated rings. The Morgan fingerprint density at radius 1 is 1.21 bits per heavy atom. The van der Waals surface area contributed by atoms with Gasteiger partial charge in [-0.05, 0) is 26.2 Å². The van der Waals surface area contributed by atoms with Gasteiger partial charge in [0, 0.05) is 0 Å². The fraction of sp³-hybridized carbons (Fsp3) is 0.909. The highest BCUT2D eigenvalue weighted by Crippen LogP contribution is 2.12. The molecule has 0 amide bonds. The van der Waals surface area contributed by atoms with Crippen molar-refractivity contribution in [1.82, 2.24) is 0 Å². The van der Waals surface area contributed by atoms with E-state index in [-0.39, 0.29) is 12.1 Å². The van der Waals surface area contributed by atoms with Crippen LogP contribution in [0.1, 0.15) is 47.0 Å². The summed E-state index contributed by atoms with van der Waals surface area (Å²) in [4.78, 5) is 11.5. The predicted molar refractivity (Wildman–Crippen MR) is 55.9 cm³/mol. The van der Waals surface area contributed by atoms with E-state index < -0.39 is 12.0 Å². The molecule has 0 aliphatic carbocycles. The molecule has 1 N–H and O–H groups in total. The Bertz CT molecular complexity index is 164. The molecule has 0 heterocycles. The van der Waals surface area contributed by atoms with Gasteiger partial charge in [-0.25, -0.2) is 0 Å². The van der Waals surface area contributed by atoms with Gasteiger partial charge in [0.15, 0.2) is 0 Å². The van der Waals surface area contributed by atoms with Crippen LogP contribution in [0.2, 0.25) is 0 Å². The number of hydrogen-bond acceptors (Lipinski definition) is 3. The molecular weight excluding hydrogens is 180 g/mol.